The van der Waals surface area contributed by atoms with Crippen molar-refractivity contribution in [3.8, 4) is 16.3 Å². The van der Waals surface area contributed by atoms with Crippen molar-refractivity contribution in [1.82, 2.24) is 10.2 Å². The first-order valence-corrected chi connectivity index (χ1v) is 8.33. The van der Waals surface area contributed by atoms with Crippen LogP contribution in [0.3, 0.4) is 0 Å². The van der Waals surface area contributed by atoms with E-state index in [0.29, 0.717) is 12.2 Å². The van der Waals surface area contributed by atoms with Gasteiger partial charge in [0.25, 0.3) is 0 Å². The third-order valence-corrected chi connectivity index (χ3v) is 3.98. The molecule has 0 amide bonds. The Kier molecular flexibility index (Phi) is 6.27. The van der Waals surface area contributed by atoms with Crippen LogP contribution in [0, 0.1) is 0 Å². The molecular weight excluding hydrogens is 296 g/mol. The number of hydrogen-bond donors (Lipinski definition) is 0. The number of rotatable bonds is 7. The van der Waals surface area contributed by atoms with Gasteiger partial charge in [0.15, 0.2) is 0 Å². The van der Waals surface area contributed by atoms with Gasteiger partial charge in [-0.15, -0.1) is 10.2 Å². The van der Waals surface area contributed by atoms with E-state index in [4.69, 9.17) is 4.74 Å². The number of esters is 1. The lowest BCUT2D eigenvalue weighted by atomic mass is 10.2. The number of ether oxygens (including phenoxy) is 1. The van der Waals surface area contributed by atoms with Crippen LogP contribution in [0.25, 0.3) is 10.6 Å². The van der Waals surface area contributed by atoms with Crippen molar-refractivity contribution in [3.05, 3.63) is 41.4 Å². The Morgan fingerprint density at radius 1 is 1.18 bits per heavy atom. The maximum atomic E-state index is 11.6. The van der Waals surface area contributed by atoms with Gasteiger partial charge in [-0.2, -0.15) is 0 Å². The van der Waals surface area contributed by atoms with Gasteiger partial charge in [0.2, 0.25) is 0 Å². The van der Waals surface area contributed by atoms with Gasteiger partial charge in [-0.25, -0.2) is 0 Å². The van der Waals surface area contributed by atoms with Crippen LogP contribution < -0.4 is 4.74 Å². The first-order valence-electron chi connectivity index (χ1n) is 7.51. The van der Waals surface area contributed by atoms with Gasteiger partial charge < -0.3 is 4.74 Å². The summed E-state index contributed by atoms with van der Waals surface area (Å²) in [7, 11) is 0. The zero-order valence-corrected chi connectivity index (χ0v) is 13.7. The normalized spacial score (nSPS) is 11.0. The van der Waals surface area contributed by atoms with Crippen molar-refractivity contribution in [2.24, 2.45) is 0 Å². The maximum absolute atomic E-state index is 11.6. The molecular formula is C17H20N2O2S. The predicted octanol–water partition coefficient (Wildman–Crippen LogP) is 4.42. The molecule has 1 aromatic heterocycles. The molecule has 0 aliphatic rings. The standard InChI is InChI=1S/C17H20N2O2S/c1-3-5-6-8-16(20)21-14-11-9-13(10-12-14)17-19-18-15(22-17)7-4-2/h5-6,9-12H,3-4,7-8H2,1-2H3/b6-5-. The summed E-state index contributed by atoms with van der Waals surface area (Å²) in [6.07, 6.45) is 7.02. The van der Waals surface area contributed by atoms with Crippen LogP contribution in [0.4, 0.5) is 0 Å². The predicted molar refractivity (Wildman–Crippen MR) is 89.0 cm³/mol. The molecule has 4 nitrogen and oxygen atoms in total. The number of allylic oxidation sites excluding steroid dienone is 1. The average molecular weight is 316 g/mol. The van der Waals surface area contributed by atoms with E-state index in [1.165, 1.54) is 0 Å². The van der Waals surface area contributed by atoms with E-state index in [0.717, 1.165) is 34.8 Å². The monoisotopic (exact) mass is 316 g/mol. The van der Waals surface area contributed by atoms with Crippen LogP contribution in [0.5, 0.6) is 5.75 Å². The molecule has 2 aromatic rings. The molecule has 1 aromatic carbocycles. The van der Waals surface area contributed by atoms with Crippen LogP contribution in [0.1, 0.15) is 38.1 Å². The first kappa shape index (κ1) is 16.4. The Bertz CT molecular complexity index is 632. The van der Waals surface area contributed by atoms with E-state index in [2.05, 4.69) is 17.1 Å². The third kappa shape index (κ3) is 4.77. The molecule has 0 fully saturated rings. The second-order valence-electron chi connectivity index (χ2n) is 4.83. The summed E-state index contributed by atoms with van der Waals surface area (Å²) in [5.74, 6) is 0.301. The van der Waals surface area contributed by atoms with Crippen LogP contribution in [-0.4, -0.2) is 16.2 Å². The second-order valence-corrected chi connectivity index (χ2v) is 5.90. The Morgan fingerprint density at radius 3 is 2.64 bits per heavy atom. The molecule has 2 rings (SSSR count). The number of benzene rings is 1. The molecule has 0 saturated carbocycles. The molecule has 0 radical (unpaired) electrons. The number of carbonyl (C=O) groups is 1. The fourth-order valence-corrected chi connectivity index (χ4v) is 2.82. The SMILES string of the molecule is CC/C=C\CC(=O)Oc1ccc(-c2nnc(CCC)s2)cc1. The largest absolute Gasteiger partial charge is 0.426 e. The van der Waals surface area contributed by atoms with Gasteiger partial charge in [-0.3, -0.25) is 4.79 Å². The van der Waals surface area contributed by atoms with Crippen molar-refractivity contribution in [1.29, 1.82) is 0 Å². The highest BCUT2D eigenvalue weighted by atomic mass is 32.1. The summed E-state index contributed by atoms with van der Waals surface area (Å²) < 4.78 is 5.27. The average Bonchev–Trinajstić information content (AvgIpc) is 2.97. The fraction of sp³-hybridized carbons (Fsp3) is 0.353. The topological polar surface area (TPSA) is 52.1 Å². The maximum Gasteiger partial charge on any atom is 0.315 e. The Balaban J connectivity index is 1.97. The molecule has 1 heterocycles. The number of aryl methyl sites for hydroxylation is 1. The zero-order valence-electron chi connectivity index (χ0n) is 12.9. The van der Waals surface area contributed by atoms with E-state index in [1.807, 2.05) is 31.2 Å². The number of aromatic nitrogens is 2. The molecule has 0 N–H and O–H groups in total. The minimum Gasteiger partial charge on any atom is -0.426 e. The van der Waals surface area contributed by atoms with Crippen LogP contribution in [0.2, 0.25) is 0 Å². The number of carbonyl (C=O) groups excluding carboxylic acids is 1. The molecule has 5 heteroatoms. The molecule has 0 spiro atoms. The third-order valence-electron chi connectivity index (χ3n) is 2.95. The van der Waals surface area contributed by atoms with E-state index in [-0.39, 0.29) is 5.97 Å². The van der Waals surface area contributed by atoms with Gasteiger partial charge in [-0.05, 0) is 37.1 Å². The van der Waals surface area contributed by atoms with Gasteiger partial charge in [0, 0.05) is 12.0 Å². The summed E-state index contributed by atoms with van der Waals surface area (Å²) in [5.41, 5.74) is 0.991. The lowest BCUT2D eigenvalue weighted by Crippen LogP contribution is -2.05. The Hall–Kier alpha value is -2.01. The molecule has 0 aliphatic heterocycles. The van der Waals surface area contributed by atoms with Crippen molar-refractivity contribution in [2.45, 2.75) is 39.5 Å². The first-order chi connectivity index (χ1) is 10.7. The lowest BCUT2D eigenvalue weighted by molar-refractivity contribution is -0.133. The molecule has 0 saturated heterocycles. The van der Waals surface area contributed by atoms with E-state index in [1.54, 1.807) is 23.5 Å². The minimum atomic E-state index is -0.251. The Labute approximate surface area is 134 Å². The lowest BCUT2D eigenvalue weighted by Gasteiger charge is -2.03. The molecule has 0 aliphatic carbocycles. The highest BCUT2D eigenvalue weighted by Gasteiger charge is 2.07. The zero-order chi connectivity index (χ0) is 15.8. The smallest absolute Gasteiger partial charge is 0.315 e. The van der Waals surface area contributed by atoms with Crippen molar-refractivity contribution in [2.75, 3.05) is 0 Å². The van der Waals surface area contributed by atoms with Crippen LogP contribution >= 0.6 is 11.3 Å². The highest BCUT2D eigenvalue weighted by Crippen LogP contribution is 2.26. The van der Waals surface area contributed by atoms with Crippen molar-refractivity contribution >= 4 is 17.3 Å². The molecule has 0 unspecified atom stereocenters. The second kappa shape index (κ2) is 8.44. The number of nitrogens with zero attached hydrogens (tertiary/aromatic N) is 2. The van der Waals surface area contributed by atoms with Crippen LogP contribution in [0.15, 0.2) is 36.4 Å². The van der Waals surface area contributed by atoms with Crippen LogP contribution in [-0.2, 0) is 11.2 Å². The summed E-state index contributed by atoms with van der Waals surface area (Å²) in [4.78, 5) is 11.6. The summed E-state index contributed by atoms with van der Waals surface area (Å²) >= 11 is 1.60. The summed E-state index contributed by atoms with van der Waals surface area (Å²) in [6, 6.07) is 7.39. The van der Waals surface area contributed by atoms with Gasteiger partial charge >= 0.3 is 5.97 Å². The number of hydrogen-bond acceptors (Lipinski definition) is 5. The summed E-state index contributed by atoms with van der Waals surface area (Å²) in [6.45, 7) is 4.15. The van der Waals surface area contributed by atoms with Gasteiger partial charge in [-0.1, -0.05) is 37.3 Å². The van der Waals surface area contributed by atoms with Gasteiger partial charge in [0.1, 0.15) is 15.8 Å². The van der Waals surface area contributed by atoms with E-state index >= 15 is 0 Å². The molecule has 0 bridgehead atoms. The molecule has 0 atom stereocenters. The van der Waals surface area contributed by atoms with E-state index < -0.39 is 0 Å². The quantitative estimate of drug-likeness (QED) is 0.431. The van der Waals surface area contributed by atoms with Gasteiger partial charge in [0.05, 0.1) is 6.42 Å². The molecule has 116 valence electrons. The minimum absolute atomic E-state index is 0.251. The van der Waals surface area contributed by atoms with E-state index in [9.17, 15) is 4.79 Å². The highest BCUT2D eigenvalue weighted by molar-refractivity contribution is 7.14. The fourth-order valence-electron chi connectivity index (χ4n) is 1.87. The summed E-state index contributed by atoms with van der Waals surface area (Å²) in [5, 5.41) is 10.3. The molecule has 22 heavy (non-hydrogen) atoms. The van der Waals surface area contributed by atoms with Crippen molar-refractivity contribution < 1.29 is 9.53 Å². The van der Waals surface area contributed by atoms with Crippen molar-refractivity contribution in [3.63, 3.8) is 0 Å². The Morgan fingerprint density at radius 2 is 1.95 bits per heavy atom.